The molecule has 22 heavy (non-hydrogen) atoms. The van der Waals surface area contributed by atoms with Gasteiger partial charge in [-0.25, -0.2) is 0 Å². The van der Waals surface area contributed by atoms with E-state index >= 15 is 0 Å². The van der Waals surface area contributed by atoms with Gasteiger partial charge in [0.25, 0.3) is 0 Å². The molecule has 0 radical (unpaired) electrons. The van der Waals surface area contributed by atoms with Crippen molar-refractivity contribution in [3.63, 3.8) is 0 Å². The van der Waals surface area contributed by atoms with E-state index in [0.29, 0.717) is 6.61 Å². The molecule has 2 aromatic carbocycles. The third-order valence-corrected chi connectivity index (χ3v) is 3.84. The molecule has 0 aromatic heterocycles. The highest BCUT2D eigenvalue weighted by molar-refractivity contribution is 9.10. The van der Waals surface area contributed by atoms with Crippen LogP contribution in [0.1, 0.15) is 37.5 Å². The highest BCUT2D eigenvalue weighted by Crippen LogP contribution is 2.24. The number of benzene rings is 2. The fourth-order valence-electron chi connectivity index (χ4n) is 2.03. The summed E-state index contributed by atoms with van der Waals surface area (Å²) in [6, 6.07) is 14.6. The first kappa shape index (κ1) is 17.0. The fraction of sp³-hybridized carbons (Fsp3) is 0.368. The largest absolute Gasteiger partial charge is 0.489 e. The predicted octanol–water partition coefficient (Wildman–Crippen LogP) is 5.22. The van der Waals surface area contributed by atoms with Crippen molar-refractivity contribution < 1.29 is 4.74 Å². The van der Waals surface area contributed by atoms with E-state index in [1.54, 1.807) is 0 Å². The van der Waals surface area contributed by atoms with Gasteiger partial charge in [0, 0.05) is 22.1 Å². The van der Waals surface area contributed by atoms with Crippen LogP contribution < -0.4 is 10.1 Å². The van der Waals surface area contributed by atoms with Gasteiger partial charge >= 0.3 is 0 Å². The van der Waals surface area contributed by atoms with E-state index < -0.39 is 0 Å². The van der Waals surface area contributed by atoms with E-state index in [0.717, 1.165) is 22.3 Å². The number of ether oxygens (including phenoxy) is 1. The van der Waals surface area contributed by atoms with Gasteiger partial charge in [-0.2, -0.15) is 0 Å². The minimum Gasteiger partial charge on any atom is -0.489 e. The van der Waals surface area contributed by atoms with Crippen molar-refractivity contribution in [2.24, 2.45) is 0 Å². The van der Waals surface area contributed by atoms with Gasteiger partial charge in [-0.15, -0.1) is 0 Å². The van der Waals surface area contributed by atoms with Crippen LogP contribution in [0.2, 0.25) is 0 Å². The fourth-order valence-corrected chi connectivity index (χ4v) is 2.44. The Kier molecular flexibility index (Phi) is 5.65. The van der Waals surface area contributed by atoms with Gasteiger partial charge < -0.3 is 10.1 Å². The summed E-state index contributed by atoms with van der Waals surface area (Å²) in [6.45, 7) is 9.96. The zero-order valence-electron chi connectivity index (χ0n) is 13.7. The summed E-state index contributed by atoms with van der Waals surface area (Å²) in [7, 11) is 0. The van der Waals surface area contributed by atoms with Crippen LogP contribution >= 0.6 is 15.9 Å². The lowest BCUT2D eigenvalue weighted by Gasteiger charge is -2.22. The van der Waals surface area contributed by atoms with Crippen LogP contribution in [0, 0.1) is 6.92 Å². The number of rotatable bonds is 5. The maximum Gasteiger partial charge on any atom is 0.124 e. The number of hydrogen-bond acceptors (Lipinski definition) is 2. The number of hydrogen-bond donors (Lipinski definition) is 1. The molecule has 0 bridgehead atoms. The summed E-state index contributed by atoms with van der Waals surface area (Å²) in [6.07, 6.45) is 0. The summed E-state index contributed by atoms with van der Waals surface area (Å²) < 4.78 is 7.09. The van der Waals surface area contributed by atoms with Gasteiger partial charge in [0.05, 0.1) is 0 Å². The zero-order chi connectivity index (χ0) is 16.2. The summed E-state index contributed by atoms with van der Waals surface area (Å²) >= 11 is 3.54. The molecule has 3 heteroatoms. The molecule has 0 heterocycles. The van der Waals surface area contributed by atoms with Crippen LogP contribution in [0.25, 0.3) is 0 Å². The Morgan fingerprint density at radius 1 is 1.05 bits per heavy atom. The minimum absolute atomic E-state index is 0.0799. The van der Waals surface area contributed by atoms with Crippen molar-refractivity contribution >= 4 is 15.9 Å². The molecule has 118 valence electrons. The minimum atomic E-state index is 0.0799. The van der Waals surface area contributed by atoms with Crippen LogP contribution in [0.15, 0.2) is 46.9 Å². The van der Waals surface area contributed by atoms with E-state index in [1.165, 1.54) is 11.1 Å². The molecule has 0 fully saturated rings. The monoisotopic (exact) mass is 361 g/mol. The normalized spacial score (nSPS) is 11.5. The quantitative estimate of drug-likeness (QED) is 0.787. The first-order valence-electron chi connectivity index (χ1n) is 7.55. The van der Waals surface area contributed by atoms with E-state index in [1.807, 2.05) is 12.1 Å². The molecule has 0 saturated carbocycles. The Hall–Kier alpha value is -1.32. The van der Waals surface area contributed by atoms with E-state index in [9.17, 15) is 0 Å². The second-order valence-corrected chi connectivity index (χ2v) is 7.55. The average molecular weight is 362 g/mol. The molecule has 0 atom stereocenters. The summed E-state index contributed by atoms with van der Waals surface area (Å²) in [4.78, 5) is 0. The van der Waals surface area contributed by atoms with E-state index in [-0.39, 0.29) is 5.54 Å². The predicted molar refractivity (Wildman–Crippen MR) is 96.2 cm³/mol. The maximum absolute atomic E-state index is 6.02. The zero-order valence-corrected chi connectivity index (χ0v) is 15.3. The summed E-state index contributed by atoms with van der Waals surface area (Å²) in [5, 5.41) is 3.51. The van der Waals surface area contributed by atoms with E-state index in [2.05, 4.69) is 79.3 Å². The Labute approximate surface area is 142 Å². The van der Waals surface area contributed by atoms with Crippen LogP contribution in [0.4, 0.5) is 0 Å². The standard InChI is InChI=1S/C19H24BrNO/c1-14-5-7-15(8-6-14)13-22-18-10-9-17(20)11-16(18)12-21-19(2,3)4/h5-11,21H,12-13H2,1-4H3. The van der Waals surface area contributed by atoms with Crippen LogP contribution in [0.3, 0.4) is 0 Å². The van der Waals surface area contributed by atoms with Crippen LogP contribution in [0.5, 0.6) is 5.75 Å². The summed E-state index contributed by atoms with van der Waals surface area (Å²) in [5.41, 5.74) is 3.69. The van der Waals surface area contributed by atoms with Gasteiger partial charge in [-0.05, 0) is 51.5 Å². The highest BCUT2D eigenvalue weighted by atomic mass is 79.9. The molecule has 0 spiro atoms. The van der Waals surface area contributed by atoms with E-state index in [4.69, 9.17) is 4.74 Å². The second kappa shape index (κ2) is 7.30. The molecular formula is C19H24BrNO. The third-order valence-electron chi connectivity index (χ3n) is 3.35. The summed E-state index contributed by atoms with van der Waals surface area (Å²) in [5.74, 6) is 0.931. The molecule has 0 saturated heterocycles. The van der Waals surface area contributed by atoms with Gasteiger partial charge in [-0.1, -0.05) is 45.8 Å². The van der Waals surface area contributed by atoms with Gasteiger partial charge in [-0.3, -0.25) is 0 Å². The van der Waals surface area contributed by atoms with Gasteiger partial charge in [0.2, 0.25) is 0 Å². The average Bonchev–Trinajstić information content (AvgIpc) is 2.45. The first-order chi connectivity index (χ1) is 10.3. The topological polar surface area (TPSA) is 21.3 Å². The molecule has 0 aliphatic rings. The molecule has 0 aliphatic carbocycles. The molecular weight excluding hydrogens is 338 g/mol. The highest BCUT2D eigenvalue weighted by Gasteiger charge is 2.11. The maximum atomic E-state index is 6.02. The smallest absolute Gasteiger partial charge is 0.124 e. The Morgan fingerprint density at radius 3 is 2.36 bits per heavy atom. The lowest BCUT2D eigenvalue weighted by Crippen LogP contribution is -2.35. The lowest BCUT2D eigenvalue weighted by molar-refractivity contribution is 0.300. The van der Waals surface area contributed by atoms with Crippen molar-refractivity contribution in [1.29, 1.82) is 0 Å². The van der Waals surface area contributed by atoms with Crippen molar-refractivity contribution in [3.8, 4) is 5.75 Å². The molecule has 0 aliphatic heterocycles. The van der Waals surface area contributed by atoms with Crippen molar-refractivity contribution in [3.05, 3.63) is 63.6 Å². The molecule has 2 nitrogen and oxygen atoms in total. The lowest BCUT2D eigenvalue weighted by atomic mass is 10.1. The Bertz CT molecular complexity index is 614. The van der Waals surface area contributed by atoms with Crippen molar-refractivity contribution in [1.82, 2.24) is 5.32 Å². The number of halogens is 1. The molecule has 0 unspecified atom stereocenters. The van der Waals surface area contributed by atoms with Crippen LogP contribution in [-0.4, -0.2) is 5.54 Å². The third kappa shape index (κ3) is 5.47. The first-order valence-corrected chi connectivity index (χ1v) is 8.34. The van der Waals surface area contributed by atoms with Gasteiger partial charge in [0.15, 0.2) is 0 Å². The van der Waals surface area contributed by atoms with Gasteiger partial charge in [0.1, 0.15) is 12.4 Å². The molecule has 1 N–H and O–H groups in total. The Balaban J connectivity index is 2.07. The van der Waals surface area contributed by atoms with Crippen LogP contribution in [-0.2, 0) is 13.2 Å². The number of aryl methyl sites for hydroxylation is 1. The SMILES string of the molecule is Cc1ccc(COc2ccc(Br)cc2CNC(C)(C)C)cc1. The van der Waals surface area contributed by atoms with Crippen molar-refractivity contribution in [2.75, 3.05) is 0 Å². The number of nitrogens with one attached hydrogen (secondary N) is 1. The molecule has 0 amide bonds. The molecule has 2 rings (SSSR count). The molecule has 2 aromatic rings. The Morgan fingerprint density at radius 2 is 1.73 bits per heavy atom. The second-order valence-electron chi connectivity index (χ2n) is 6.63. The van der Waals surface area contributed by atoms with Crippen molar-refractivity contribution in [2.45, 2.75) is 46.4 Å².